The molecule has 14 heavy (non-hydrogen) atoms. The molecule has 0 spiro atoms. The van der Waals surface area contributed by atoms with Crippen molar-refractivity contribution in [2.24, 2.45) is 5.73 Å². The van der Waals surface area contributed by atoms with E-state index in [9.17, 15) is 9.90 Å². The maximum absolute atomic E-state index is 11.5. The van der Waals surface area contributed by atoms with Gasteiger partial charge >= 0.3 is 0 Å². The highest BCUT2D eigenvalue weighted by atomic mass is 16.3. The van der Waals surface area contributed by atoms with Crippen LogP contribution in [0.2, 0.25) is 0 Å². The zero-order valence-corrected chi connectivity index (χ0v) is 8.65. The van der Waals surface area contributed by atoms with Gasteiger partial charge in [0.05, 0.1) is 12.6 Å². The van der Waals surface area contributed by atoms with E-state index in [1.54, 1.807) is 4.90 Å². The van der Waals surface area contributed by atoms with Crippen molar-refractivity contribution in [1.82, 2.24) is 9.80 Å². The van der Waals surface area contributed by atoms with E-state index < -0.39 is 6.10 Å². The summed E-state index contributed by atoms with van der Waals surface area (Å²) in [6.07, 6.45) is 0.436. The molecule has 1 aliphatic heterocycles. The molecule has 0 aromatic heterocycles. The number of nitrogens with zero attached hydrogens (tertiary/aromatic N) is 2. The minimum Gasteiger partial charge on any atom is -0.390 e. The van der Waals surface area contributed by atoms with Gasteiger partial charge in [-0.15, -0.1) is 0 Å². The van der Waals surface area contributed by atoms with Gasteiger partial charge in [0, 0.05) is 33.2 Å². The van der Waals surface area contributed by atoms with E-state index >= 15 is 0 Å². The molecule has 1 rings (SSSR count). The zero-order chi connectivity index (χ0) is 10.6. The molecule has 0 aromatic rings. The van der Waals surface area contributed by atoms with E-state index in [0.29, 0.717) is 13.1 Å². The summed E-state index contributed by atoms with van der Waals surface area (Å²) in [5, 5.41) is 9.36. The minimum atomic E-state index is -0.522. The van der Waals surface area contributed by atoms with Crippen LogP contribution in [0.5, 0.6) is 0 Å². The molecule has 1 amide bonds. The Morgan fingerprint density at radius 2 is 2.29 bits per heavy atom. The molecule has 82 valence electrons. The molecule has 5 nitrogen and oxygen atoms in total. The molecule has 0 bridgehead atoms. The number of rotatable bonds is 3. The fourth-order valence-corrected chi connectivity index (χ4v) is 1.58. The van der Waals surface area contributed by atoms with Gasteiger partial charge in [0.2, 0.25) is 5.91 Å². The number of amides is 1. The van der Waals surface area contributed by atoms with Crippen LogP contribution in [-0.4, -0.2) is 66.7 Å². The Balaban J connectivity index is 2.42. The van der Waals surface area contributed by atoms with E-state index in [1.807, 2.05) is 11.9 Å². The molecular formula is C9H19N3O2. The summed E-state index contributed by atoms with van der Waals surface area (Å²) in [6, 6.07) is 0. The topological polar surface area (TPSA) is 69.8 Å². The molecule has 1 fully saturated rings. The minimum absolute atomic E-state index is 0.117. The van der Waals surface area contributed by atoms with E-state index in [4.69, 9.17) is 5.73 Å². The average Bonchev–Trinajstić information content (AvgIpc) is 2.30. The number of hydrogen-bond acceptors (Lipinski definition) is 4. The summed E-state index contributed by atoms with van der Waals surface area (Å²) in [6.45, 7) is 2.80. The first-order valence-corrected chi connectivity index (χ1v) is 4.98. The van der Waals surface area contributed by atoms with Crippen molar-refractivity contribution in [3.63, 3.8) is 0 Å². The SMILES string of the molecule is CN1CCCN(CC(O)CN)CC1=O. The van der Waals surface area contributed by atoms with Gasteiger partial charge in [0.1, 0.15) is 0 Å². The molecule has 0 radical (unpaired) electrons. The molecule has 1 heterocycles. The highest BCUT2D eigenvalue weighted by molar-refractivity contribution is 5.78. The lowest BCUT2D eigenvalue weighted by atomic mass is 10.3. The van der Waals surface area contributed by atoms with Gasteiger partial charge in [-0.1, -0.05) is 0 Å². The van der Waals surface area contributed by atoms with Crippen LogP contribution >= 0.6 is 0 Å². The van der Waals surface area contributed by atoms with Crippen LogP contribution in [0.1, 0.15) is 6.42 Å². The normalized spacial score (nSPS) is 22.2. The smallest absolute Gasteiger partial charge is 0.236 e. The molecule has 1 atom stereocenters. The molecule has 3 N–H and O–H groups in total. The lowest BCUT2D eigenvalue weighted by Crippen LogP contribution is -2.40. The molecule has 1 saturated heterocycles. The van der Waals surface area contributed by atoms with Gasteiger partial charge in [-0.25, -0.2) is 0 Å². The van der Waals surface area contributed by atoms with Crippen molar-refractivity contribution in [1.29, 1.82) is 0 Å². The molecule has 5 heteroatoms. The van der Waals surface area contributed by atoms with Crippen LogP contribution in [-0.2, 0) is 4.79 Å². The first kappa shape index (κ1) is 11.4. The van der Waals surface area contributed by atoms with Gasteiger partial charge in [-0.2, -0.15) is 0 Å². The first-order valence-electron chi connectivity index (χ1n) is 4.98. The number of aliphatic hydroxyl groups is 1. The Morgan fingerprint density at radius 3 is 2.93 bits per heavy atom. The van der Waals surface area contributed by atoms with Crippen LogP contribution in [0.15, 0.2) is 0 Å². The van der Waals surface area contributed by atoms with Crippen molar-refractivity contribution in [2.75, 3.05) is 39.8 Å². The second kappa shape index (κ2) is 5.29. The first-order chi connectivity index (χ1) is 6.63. The third-order valence-corrected chi connectivity index (χ3v) is 2.49. The Morgan fingerprint density at radius 1 is 1.57 bits per heavy atom. The second-order valence-electron chi connectivity index (χ2n) is 3.79. The molecular weight excluding hydrogens is 182 g/mol. The number of carbonyl (C=O) groups excluding carboxylic acids is 1. The van der Waals surface area contributed by atoms with Crippen LogP contribution < -0.4 is 5.73 Å². The van der Waals surface area contributed by atoms with Crippen LogP contribution in [0.4, 0.5) is 0 Å². The van der Waals surface area contributed by atoms with Gasteiger partial charge in [-0.05, 0) is 6.42 Å². The summed E-state index contributed by atoms with van der Waals surface area (Å²) < 4.78 is 0. The van der Waals surface area contributed by atoms with Crippen LogP contribution in [0, 0.1) is 0 Å². The number of hydrogen-bond donors (Lipinski definition) is 2. The van der Waals surface area contributed by atoms with Crippen molar-refractivity contribution < 1.29 is 9.90 Å². The van der Waals surface area contributed by atoms with E-state index in [1.165, 1.54) is 0 Å². The van der Waals surface area contributed by atoms with Gasteiger partial charge in [0.15, 0.2) is 0 Å². The predicted molar refractivity (Wildman–Crippen MR) is 53.8 cm³/mol. The monoisotopic (exact) mass is 201 g/mol. The van der Waals surface area contributed by atoms with Crippen molar-refractivity contribution in [3.8, 4) is 0 Å². The second-order valence-corrected chi connectivity index (χ2v) is 3.79. The Bertz CT molecular complexity index is 198. The van der Waals surface area contributed by atoms with E-state index in [2.05, 4.69) is 0 Å². The summed E-state index contributed by atoms with van der Waals surface area (Å²) in [7, 11) is 1.81. The Labute approximate surface area is 84.5 Å². The molecule has 1 unspecified atom stereocenters. The summed E-state index contributed by atoms with van der Waals surface area (Å²) >= 11 is 0. The number of likely N-dealkylation sites (N-methyl/N-ethyl adjacent to an activating group) is 1. The van der Waals surface area contributed by atoms with Gasteiger partial charge < -0.3 is 15.7 Å². The standard InChI is InChI=1S/C9H19N3O2/c1-11-3-2-4-12(7-9(11)14)6-8(13)5-10/h8,13H,2-7,10H2,1H3. The number of carbonyl (C=O) groups is 1. The molecule has 1 aliphatic rings. The van der Waals surface area contributed by atoms with Crippen molar-refractivity contribution >= 4 is 5.91 Å². The average molecular weight is 201 g/mol. The highest BCUT2D eigenvalue weighted by Crippen LogP contribution is 2.02. The van der Waals surface area contributed by atoms with Crippen LogP contribution in [0.25, 0.3) is 0 Å². The third kappa shape index (κ3) is 3.25. The lowest BCUT2D eigenvalue weighted by Gasteiger charge is -2.21. The van der Waals surface area contributed by atoms with E-state index in [-0.39, 0.29) is 12.5 Å². The van der Waals surface area contributed by atoms with Gasteiger partial charge in [0.25, 0.3) is 0 Å². The maximum Gasteiger partial charge on any atom is 0.236 e. The fourth-order valence-electron chi connectivity index (χ4n) is 1.58. The lowest BCUT2D eigenvalue weighted by molar-refractivity contribution is -0.130. The van der Waals surface area contributed by atoms with Crippen molar-refractivity contribution in [2.45, 2.75) is 12.5 Å². The summed E-state index contributed by atoms with van der Waals surface area (Å²) in [4.78, 5) is 15.2. The number of nitrogens with two attached hydrogens (primary N) is 1. The fraction of sp³-hybridized carbons (Fsp3) is 0.889. The van der Waals surface area contributed by atoms with Crippen molar-refractivity contribution in [3.05, 3.63) is 0 Å². The van der Waals surface area contributed by atoms with E-state index in [0.717, 1.165) is 19.5 Å². The highest BCUT2D eigenvalue weighted by Gasteiger charge is 2.20. The van der Waals surface area contributed by atoms with Gasteiger partial charge in [-0.3, -0.25) is 9.69 Å². The third-order valence-electron chi connectivity index (χ3n) is 2.49. The predicted octanol–water partition coefficient (Wildman–Crippen LogP) is -1.53. The Hall–Kier alpha value is -0.650. The molecule has 0 saturated carbocycles. The zero-order valence-electron chi connectivity index (χ0n) is 8.65. The quantitative estimate of drug-likeness (QED) is 0.581. The van der Waals surface area contributed by atoms with Crippen LogP contribution in [0.3, 0.4) is 0 Å². The maximum atomic E-state index is 11.5. The molecule has 0 aliphatic carbocycles. The summed E-state index contributed by atoms with van der Waals surface area (Å²) in [5.74, 6) is 0.117. The summed E-state index contributed by atoms with van der Waals surface area (Å²) in [5.41, 5.74) is 5.32. The Kier molecular flexibility index (Phi) is 4.31. The number of aliphatic hydroxyl groups excluding tert-OH is 1. The largest absolute Gasteiger partial charge is 0.390 e. The molecule has 0 aromatic carbocycles. The number of β-amino-alcohol motifs (C(OH)–C–C–N with tert-alkyl or cyclic N) is 1.